The highest BCUT2D eigenvalue weighted by atomic mass is 16.5. The van der Waals surface area contributed by atoms with Crippen molar-refractivity contribution in [1.29, 1.82) is 0 Å². The van der Waals surface area contributed by atoms with Crippen molar-refractivity contribution in [3.05, 3.63) is 35.9 Å². The molecule has 0 aromatic heterocycles. The second kappa shape index (κ2) is 8.72. The number of nitrogens with two attached hydrogens (primary N) is 1. The van der Waals surface area contributed by atoms with Crippen molar-refractivity contribution in [2.24, 2.45) is 11.7 Å². The Hall–Kier alpha value is -1.39. The molecule has 0 saturated carbocycles. The van der Waals surface area contributed by atoms with E-state index in [4.69, 9.17) is 10.5 Å². The van der Waals surface area contributed by atoms with Gasteiger partial charge in [0.05, 0.1) is 18.6 Å². The Morgan fingerprint density at radius 3 is 2.45 bits per heavy atom. The van der Waals surface area contributed by atoms with Crippen molar-refractivity contribution in [1.82, 2.24) is 5.32 Å². The largest absolute Gasteiger partial charge is 0.380 e. The van der Waals surface area contributed by atoms with E-state index < -0.39 is 0 Å². The van der Waals surface area contributed by atoms with Crippen LogP contribution in [0.1, 0.15) is 32.3 Å². The molecule has 1 aromatic carbocycles. The summed E-state index contributed by atoms with van der Waals surface area (Å²) in [4.78, 5) is 12.4. The quantitative estimate of drug-likeness (QED) is 0.763. The van der Waals surface area contributed by atoms with Crippen molar-refractivity contribution in [2.45, 2.75) is 32.7 Å². The third-order valence-corrected chi connectivity index (χ3v) is 3.39. The molecule has 0 aliphatic rings. The molecule has 0 fully saturated rings. The molecule has 0 radical (unpaired) electrons. The average molecular weight is 278 g/mol. The van der Waals surface area contributed by atoms with Crippen LogP contribution in [0.5, 0.6) is 0 Å². The van der Waals surface area contributed by atoms with Gasteiger partial charge in [0.15, 0.2) is 0 Å². The number of ether oxygens (including phenoxy) is 1. The lowest BCUT2D eigenvalue weighted by Crippen LogP contribution is -2.45. The Bertz CT molecular complexity index is 393. The van der Waals surface area contributed by atoms with Crippen LogP contribution in [0.2, 0.25) is 0 Å². The molecule has 20 heavy (non-hydrogen) atoms. The van der Waals surface area contributed by atoms with Crippen LogP contribution < -0.4 is 11.1 Å². The minimum absolute atomic E-state index is 0.0141. The highest BCUT2D eigenvalue weighted by Gasteiger charge is 2.23. The molecule has 0 saturated heterocycles. The van der Waals surface area contributed by atoms with Gasteiger partial charge in [0.25, 0.3) is 0 Å². The number of amides is 1. The van der Waals surface area contributed by atoms with Crippen LogP contribution in [0.4, 0.5) is 0 Å². The van der Waals surface area contributed by atoms with Crippen LogP contribution in [0.25, 0.3) is 0 Å². The molecule has 2 unspecified atom stereocenters. The zero-order valence-electron chi connectivity index (χ0n) is 12.6. The third kappa shape index (κ3) is 4.94. The molecule has 0 aliphatic heterocycles. The maximum Gasteiger partial charge on any atom is 0.229 e. The van der Waals surface area contributed by atoms with Crippen LogP contribution in [-0.4, -0.2) is 31.7 Å². The van der Waals surface area contributed by atoms with Gasteiger partial charge in [0, 0.05) is 13.2 Å². The van der Waals surface area contributed by atoms with Gasteiger partial charge in [-0.3, -0.25) is 4.79 Å². The molecule has 1 rings (SSSR count). The zero-order chi connectivity index (χ0) is 15.0. The van der Waals surface area contributed by atoms with E-state index in [0.717, 1.165) is 5.56 Å². The van der Waals surface area contributed by atoms with Crippen LogP contribution in [0.15, 0.2) is 30.3 Å². The number of carbonyl (C=O) groups is 1. The summed E-state index contributed by atoms with van der Waals surface area (Å²) in [5.41, 5.74) is 6.72. The van der Waals surface area contributed by atoms with Gasteiger partial charge in [-0.1, -0.05) is 44.2 Å². The van der Waals surface area contributed by atoms with E-state index in [1.165, 1.54) is 0 Å². The minimum atomic E-state index is -0.306. The highest BCUT2D eigenvalue weighted by Crippen LogP contribution is 2.15. The fraction of sp³-hybridized carbons (Fsp3) is 0.562. The van der Waals surface area contributed by atoms with Gasteiger partial charge in [0.2, 0.25) is 5.91 Å². The summed E-state index contributed by atoms with van der Waals surface area (Å²) >= 11 is 0. The second-order valence-electron chi connectivity index (χ2n) is 5.22. The highest BCUT2D eigenvalue weighted by molar-refractivity contribution is 5.84. The molecule has 112 valence electrons. The zero-order valence-corrected chi connectivity index (χ0v) is 12.6. The topological polar surface area (TPSA) is 64.3 Å². The molecule has 2 atom stereocenters. The fourth-order valence-corrected chi connectivity index (χ4v) is 2.01. The average Bonchev–Trinajstić information content (AvgIpc) is 2.45. The fourth-order valence-electron chi connectivity index (χ4n) is 2.01. The van der Waals surface area contributed by atoms with E-state index in [0.29, 0.717) is 25.7 Å². The first-order valence-electron chi connectivity index (χ1n) is 7.23. The van der Waals surface area contributed by atoms with Gasteiger partial charge in [-0.05, 0) is 18.4 Å². The molecular weight excluding hydrogens is 252 g/mol. The van der Waals surface area contributed by atoms with Crippen LogP contribution in [-0.2, 0) is 9.53 Å². The second-order valence-corrected chi connectivity index (χ2v) is 5.22. The molecular formula is C16H26N2O2. The van der Waals surface area contributed by atoms with Gasteiger partial charge in [-0.2, -0.15) is 0 Å². The Morgan fingerprint density at radius 1 is 1.30 bits per heavy atom. The predicted octanol–water partition coefficient (Wildman–Crippen LogP) is 1.91. The van der Waals surface area contributed by atoms with Crippen LogP contribution in [0, 0.1) is 5.92 Å². The maximum atomic E-state index is 12.4. The number of carbonyl (C=O) groups excluding carboxylic acids is 1. The van der Waals surface area contributed by atoms with Crippen molar-refractivity contribution in [3.63, 3.8) is 0 Å². The summed E-state index contributed by atoms with van der Waals surface area (Å²) < 4.78 is 5.43. The summed E-state index contributed by atoms with van der Waals surface area (Å²) in [6.07, 6.45) is 0. The SMILES string of the molecule is CCOCC(NC(=O)C(CN)c1ccccc1)C(C)C. The van der Waals surface area contributed by atoms with Crippen LogP contribution in [0.3, 0.4) is 0 Å². The Labute approximate surface area is 121 Å². The maximum absolute atomic E-state index is 12.4. The molecule has 0 aliphatic carbocycles. The van der Waals surface area contributed by atoms with Gasteiger partial charge in [-0.25, -0.2) is 0 Å². The van der Waals surface area contributed by atoms with Crippen molar-refractivity contribution in [3.8, 4) is 0 Å². The molecule has 0 bridgehead atoms. The monoisotopic (exact) mass is 278 g/mol. The smallest absolute Gasteiger partial charge is 0.229 e. The lowest BCUT2D eigenvalue weighted by atomic mass is 9.97. The predicted molar refractivity (Wildman–Crippen MR) is 81.5 cm³/mol. The summed E-state index contributed by atoms with van der Waals surface area (Å²) in [6.45, 7) is 7.58. The lowest BCUT2D eigenvalue weighted by molar-refractivity contribution is -0.123. The third-order valence-electron chi connectivity index (χ3n) is 3.39. The molecule has 3 N–H and O–H groups in total. The minimum Gasteiger partial charge on any atom is -0.380 e. The normalized spacial score (nSPS) is 14.1. The molecule has 4 nitrogen and oxygen atoms in total. The summed E-state index contributed by atoms with van der Waals surface area (Å²) in [6, 6.07) is 9.66. The van der Waals surface area contributed by atoms with Gasteiger partial charge < -0.3 is 15.8 Å². The van der Waals surface area contributed by atoms with E-state index in [-0.39, 0.29) is 17.9 Å². The van der Waals surface area contributed by atoms with Crippen molar-refractivity contribution < 1.29 is 9.53 Å². The standard InChI is InChI=1S/C16H26N2O2/c1-4-20-11-15(12(2)3)18-16(19)14(10-17)13-8-6-5-7-9-13/h5-9,12,14-15H,4,10-11,17H2,1-3H3,(H,18,19). The first-order chi connectivity index (χ1) is 9.60. The van der Waals surface area contributed by atoms with Crippen molar-refractivity contribution >= 4 is 5.91 Å². The van der Waals surface area contributed by atoms with Crippen molar-refractivity contribution in [2.75, 3.05) is 19.8 Å². The summed E-state index contributed by atoms with van der Waals surface area (Å²) in [5, 5.41) is 3.06. The summed E-state index contributed by atoms with van der Waals surface area (Å²) in [5.74, 6) is -0.0177. The Balaban J connectivity index is 2.71. The first-order valence-corrected chi connectivity index (χ1v) is 7.23. The van der Waals surface area contributed by atoms with Gasteiger partial charge in [0.1, 0.15) is 0 Å². The summed E-state index contributed by atoms with van der Waals surface area (Å²) in [7, 11) is 0. The van der Waals surface area contributed by atoms with Crippen LogP contribution >= 0.6 is 0 Å². The lowest BCUT2D eigenvalue weighted by Gasteiger charge is -2.25. The number of rotatable bonds is 8. The molecule has 1 amide bonds. The number of hydrogen-bond donors (Lipinski definition) is 2. The van der Waals surface area contributed by atoms with Gasteiger partial charge in [-0.15, -0.1) is 0 Å². The Morgan fingerprint density at radius 2 is 1.95 bits per heavy atom. The number of hydrogen-bond acceptors (Lipinski definition) is 3. The van der Waals surface area contributed by atoms with Gasteiger partial charge >= 0.3 is 0 Å². The van der Waals surface area contributed by atoms with E-state index in [1.807, 2.05) is 37.3 Å². The molecule has 0 heterocycles. The van der Waals surface area contributed by atoms with E-state index >= 15 is 0 Å². The molecule has 1 aromatic rings. The molecule has 4 heteroatoms. The first kappa shape index (κ1) is 16.7. The van der Waals surface area contributed by atoms with E-state index in [2.05, 4.69) is 19.2 Å². The number of benzene rings is 1. The molecule has 0 spiro atoms. The Kier molecular flexibility index (Phi) is 7.26. The van der Waals surface area contributed by atoms with E-state index in [9.17, 15) is 4.79 Å². The van der Waals surface area contributed by atoms with E-state index in [1.54, 1.807) is 0 Å². The number of nitrogens with one attached hydrogen (secondary N) is 1.